The number of benzene rings is 1. The van der Waals surface area contributed by atoms with Crippen molar-refractivity contribution in [1.82, 2.24) is 0 Å². The van der Waals surface area contributed by atoms with Crippen molar-refractivity contribution in [3.8, 4) is 5.75 Å². The maximum absolute atomic E-state index is 11.0. The number of hydrogen-bond donors (Lipinski definition) is 2. The minimum atomic E-state index is -0.398. The normalized spacial score (nSPS) is 21.8. The van der Waals surface area contributed by atoms with Crippen LogP contribution in [0.15, 0.2) is 18.2 Å². The van der Waals surface area contributed by atoms with Crippen molar-refractivity contribution in [2.75, 3.05) is 11.9 Å². The summed E-state index contributed by atoms with van der Waals surface area (Å²) in [6.07, 6.45) is 5.14. The van der Waals surface area contributed by atoms with Crippen molar-refractivity contribution < 1.29 is 9.66 Å². The van der Waals surface area contributed by atoms with E-state index < -0.39 is 4.92 Å². The van der Waals surface area contributed by atoms with Gasteiger partial charge in [0, 0.05) is 29.9 Å². The van der Waals surface area contributed by atoms with E-state index in [4.69, 9.17) is 10.5 Å². The SMILES string of the molecule is CCCOc1cc(N[C@@H]2CCCC[C@H]2N)cc([N+](=O)[O-])c1. The van der Waals surface area contributed by atoms with E-state index in [9.17, 15) is 10.1 Å². The number of nitro benzene ring substituents is 1. The van der Waals surface area contributed by atoms with Gasteiger partial charge < -0.3 is 15.8 Å². The highest BCUT2D eigenvalue weighted by Gasteiger charge is 2.22. The van der Waals surface area contributed by atoms with Crippen LogP contribution in [0.2, 0.25) is 0 Å². The Labute approximate surface area is 124 Å². The van der Waals surface area contributed by atoms with E-state index in [-0.39, 0.29) is 17.8 Å². The lowest BCUT2D eigenvalue weighted by atomic mass is 9.91. The molecule has 1 fully saturated rings. The van der Waals surface area contributed by atoms with Crippen molar-refractivity contribution >= 4 is 11.4 Å². The van der Waals surface area contributed by atoms with Crippen LogP contribution < -0.4 is 15.8 Å². The summed E-state index contributed by atoms with van der Waals surface area (Å²) < 4.78 is 5.53. The lowest BCUT2D eigenvalue weighted by Crippen LogP contribution is -2.42. The number of anilines is 1. The van der Waals surface area contributed by atoms with Crippen LogP contribution in [0.5, 0.6) is 5.75 Å². The van der Waals surface area contributed by atoms with Crippen LogP contribution in [-0.4, -0.2) is 23.6 Å². The van der Waals surface area contributed by atoms with Crippen molar-refractivity contribution in [2.24, 2.45) is 5.73 Å². The molecule has 0 radical (unpaired) electrons. The Morgan fingerprint density at radius 1 is 1.38 bits per heavy atom. The molecule has 1 aromatic rings. The van der Waals surface area contributed by atoms with E-state index in [1.807, 2.05) is 13.0 Å². The first-order chi connectivity index (χ1) is 10.1. The van der Waals surface area contributed by atoms with Crippen LogP contribution >= 0.6 is 0 Å². The summed E-state index contributed by atoms with van der Waals surface area (Å²) in [5.74, 6) is 0.526. The topological polar surface area (TPSA) is 90.4 Å². The van der Waals surface area contributed by atoms with Gasteiger partial charge in [-0.05, 0) is 19.3 Å². The lowest BCUT2D eigenvalue weighted by Gasteiger charge is -2.30. The first-order valence-electron chi connectivity index (χ1n) is 7.54. The number of hydrogen-bond acceptors (Lipinski definition) is 5. The molecule has 0 heterocycles. The maximum Gasteiger partial charge on any atom is 0.275 e. The van der Waals surface area contributed by atoms with Crippen molar-refractivity contribution in [3.05, 3.63) is 28.3 Å². The molecule has 0 aliphatic heterocycles. The number of nitro groups is 1. The summed E-state index contributed by atoms with van der Waals surface area (Å²) >= 11 is 0. The fourth-order valence-corrected chi connectivity index (χ4v) is 2.63. The third-order valence-electron chi connectivity index (χ3n) is 3.75. The van der Waals surface area contributed by atoms with Crippen LogP contribution in [0.4, 0.5) is 11.4 Å². The third-order valence-corrected chi connectivity index (χ3v) is 3.75. The molecule has 0 amide bonds. The number of ether oxygens (including phenoxy) is 1. The van der Waals surface area contributed by atoms with Gasteiger partial charge in [-0.3, -0.25) is 10.1 Å². The number of rotatable bonds is 6. The molecule has 0 unspecified atom stereocenters. The summed E-state index contributed by atoms with van der Waals surface area (Å²) in [6.45, 7) is 2.54. The van der Waals surface area contributed by atoms with Crippen molar-refractivity contribution in [2.45, 2.75) is 51.1 Å². The summed E-state index contributed by atoms with van der Waals surface area (Å²) in [4.78, 5) is 10.6. The summed E-state index contributed by atoms with van der Waals surface area (Å²) in [5.41, 5.74) is 6.86. The molecule has 1 aliphatic rings. The molecular weight excluding hydrogens is 270 g/mol. The zero-order valence-corrected chi connectivity index (χ0v) is 12.4. The highest BCUT2D eigenvalue weighted by atomic mass is 16.6. The fraction of sp³-hybridized carbons (Fsp3) is 0.600. The van der Waals surface area contributed by atoms with Gasteiger partial charge in [0.25, 0.3) is 5.69 Å². The maximum atomic E-state index is 11.0. The number of non-ortho nitro benzene ring substituents is 1. The first-order valence-corrected chi connectivity index (χ1v) is 7.54. The van der Waals surface area contributed by atoms with Gasteiger partial charge in [0.2, 0.25) is 0 Å². The number of nitrogens with one attached hydrogen (secondary N) is 1. The molecule has 0 saturated heterocycles. The fourth-order valence-electron chi connectivity index (χ4n) is 2.63. The molecule has 2 rings (SSSR count). The molecule has 0 spiro atoms. The van der Waals surface area contributed by atoms with E-state index >= 15 is 0 Å². The van der Waals surface area contributed by atoms with Gasteiger partial charge in [0.1, 0.15) is 5.75 Å². The largest absolute Gasteiger partial charge is 0.493 e. The van der Waals surface area contributed by atoms with E-state index in [1.54, 1.807) is 6.07 Å². The zero-order valence-electron chi connectivity index (χ0n) is 12.4. The molecule has 21 heavy (non-hydrogen) atoms. The van der Waals surface area contributed by atoms with Crippen LogP contribution in [0, 0.1) is 10.1 Å². The highest BCUT2D eigenvalue weighted by Crippen LogP contribution is 2.28. The molecule has 0 aromatic heterocycles. The summed E-state index contributed by atoms with van der Waals surface area (Å²) in [7, 11) is 0. The zero-order chi connectivity index (χ0) is 15.2. The van der Waals surface area contributed by atoms with Gasteiger partial charge in [-0.2, -0.15) is 0 Å². The first kappa shape index (κ1) is 15.6. The Morgan fingerprint density at radius 3 is 2.81 bits per heavy atom. The Kier molecular flexibility index (Phi) is 5.38. The molecular formula is C15H23N3O3. The van der Waals surface area contributed by atoms with E-state index in [1.165, 1.54) is 6.07 Å². The molecule has 6 heteroatoms. The van der Waals surface area contributed by atoms with E-state index in [2.05, 4.69) is 5.32 Å². The van der Waals surface area contributed by atoms with Crippen molar-refractivity contribution in [3.63, 3.8) is 0 Å². The molecule has 3 N–H and O–H groups in total. The highest BCUT2D eigenvalue weighted by molar-refractivity contribution is 5.57. The minimum Gasteiger partial charge on any atom is -0.493 e. The van der Waals surface area contributed by atoms with Crippen LogP contribution in [0.3, 0.4) is 0 Å². The van der Waals surface area contributed by atoms with Gasteiger partial charge in [-0.1, -0.05) is 19.8 Å². The van der Waals surface area contributed by atoms with Crippen LogP contribution in [0.1, 0.15) is 39.0 Å². The molecule has 0 bridgehead atoms. The summed E-state index contributed by atoms with van der Waals surface area (Å²) in [6, 6.07) is 5.07. The number of nitrogens with two attached hydrogens (primary N) is 1. The van der Waals surface area contributed by atoms with Gasteiger partial charge in [-0.25, -0.2) is 0 Å². The Hall–Kier alpha value is -1.82. The second-order valence-corrected chi connectivity index (χ2v) is 5.52. The van der Waals surface area contributed by atoms with E-state index in [0.29, 0.717) is 18.0 Å². The second kappa shape index (κ2) is 7.26. The Balaban J connectivity index is 2.16. The molecule has 1 aliphatic carbocycles. The Morgan fingerprint density at radius 2 is 2.14 bits per heavy atom. The van der Waals surface area contributed by atoms with Crippen molar-refractivity contribution in [1.29, 1.82) is 0 Å². The Bertz CT molecular complexity index is 493. The molecule has 1 aromatic carbocycles. The lowest BCUT2D eigenvalue weighted by molar-refractivity contribution is -0.384. The molecule has 2 atom stereocenters. The van der Waals surface area contributed by atoms with Crippen LogP contribution in [-0.2, 0) is 0 Å². The smallest absolute Gasteiger partial charge is 0.275 e. The van der Waals surface area contributed by atoms with Gasteiger partial charge in [-0.15, -0.1) is 0 Å². The van der Waals surface area contributed by atoms with Crippen LogP contribution in [0.25, 0.3) is 0 Å². The average molecular weight is 293 g/mol. The predicted molar refractivity (Wildman–Crippen MR) is 82.7 cm³/mol. The third kappa shape index (κ3) is 4.32. The molecule has 6 nitrogen and oxygen atoms in total. The number of nitrogens with zero attached hydrogens (tertiary/aromatic N) is 1. The average Bonchev–Trinajstić information content (AvgIpc) is 2.47. The standard InChI is InChI=1S/C15H23N3O3/c1-2-7-21-13-9-11(8-12(10-13)18(19)20)17-15-6-4-3-5-14(15)16/h8-10,14-15,17H,2-7,16H2,1H3/t14-,15-/m1/s1. The quantitative estimate of drug-likeness (QED) is 0.621. The summed E-state index contributed by atoms with van der Waals surface area (Å²) in [5, 5.41) is 14.4. The molecule has 116 valence electrons. The van der Waals surface area contributed by atoms with Gasteiger partial charge in [0.05, 0.1) is 17.6 Å². The monoisotopic (exact) mass is 293 g/mol. The molecule has 1 saturated carbocycles. The predicted octanol–water partition coefficient (Wildman–Crippen LogP) is 3.07. The van der Waals surface area contributed by atoms with E-state index in [0.717, 1.165) is 32.1 Å². The minimum absolute atomic E-state index is 0.0375. The second-order valence-electron chi connectivity index (χ2n) is 5.52. The van der Waals surface area contributed by atoms with Gasteiger partial charge >= 0.3 is 0 Å². The van der Waals surface area contributed by atoms with Gasteiger partial charge in [0.15, 0.2) is 0 Å².